The van der Waals surface area contributed by atoms with Gasteiger partial charge in [0.15, 0.2) is 5.65 Å². The summed E-state index contributed by atoms with van der Waals surface area (Å²) < 4.78 is 38.3. The highest BCUT2D eigenvalue weighted by Crippen LogP contribution is 2.28. The largest absolute Gasteiger partial charge is 0.452 e. The highest BCUT2D eigenvalue weighted by atomic mass is 19.4. The van der Waals surface area contributed by atoms with Gasteiger partial charge >= 0.3 is 6.18 Å². The average molecular weight is 231 g/mol. The van der Waals surface area contributed by atoms with Crippen LogP contribution >= 0.6 is 0 Å². The molecular formula is C9H8F3N3O. The minimum absolute atomic E-state index is 0.110. The number of aliphatic hydroxyl groups excluding tert-OH is 1. The average Bonchev–Trinajstić information content (AvgIpc) is 2.62. The summed E-state index contributed by atoms with van der Waals surface area (Å²) in [5, 5.41) is 15.5. The summed E-state index contributed by atoms with van der Waals surface area (Å²) >= 11 is 0. The second-order valence-corrected chi connectivity index (χ2v) is 3.34. The number of nitrogens with zero attached hydrogens (tertiary/aromatic N) is 3. The Morgan fingerprint density at radius 2 is 2.06 bits per heavy atom. The minimum Gasteiger partial charge on any atom is -0.392 e. The second-order valence-electron chi connectivity index (χ2n) is 3.34. The summed E-state index contributed by atoms with van der Waals surface area (Å²) in [7, 11) is 0. The summed E-state index contributed by atoms with van der Waals surface area (Å²) in [4.78, 5) is 0. The first-order chi connectivity index (χ1) is 7.45. The number of aryl methyl sites for hydroxylation is 1. The molecule has 2 aromatic rings. The van der Waals surface area contributed by atoms with Gasteiger partial charge in [-0.05, 0) is 24.1 Å². The Morgan fingerprint density at radius 1 is 1.38 bits per heavy atom. The number of aliphatic hydroxyl groups is 1. The molecule has 0 spiro atoms. The normalized spacial score (nSPS) is 12.3. The lowest BCUT2D eigenvalue weighted by atomic mass is 10.1. The molecule has 0 radical (unpaired) electrons. The molecule has 0 amide bonds. The van der Waals surface area contributed by atoms with Crippen LogP contribution in [-0.2, 0) is 12.8 Å². The van der Waals surface area contributed by atoms with Gasteiger partial charge in [-0.25, -0.2) is 0 Å². The Labute approximate surface area is 88.3 Å². The molecule has 0 saturated heterocycles. The van der Waals surface area contributed by atoms with Crippen molar-refractivity contribution in [3.8, 4) is 0 Å². The number of hydrogen-bond donors (Lipinski definition) is 1. The van der Waals surface area contributed by atoms with Crippen LogP contribution in [0.15, 0.2) is 12.3 Å². The van der Waals surface area contributed by atoms with Gasteiger partial charge in [-0.1, -0.05) is 0 Å². The topological polar surface area (TPSA) is 50.4 Å². The fraction of sp³-hybridized carbons (Fsp3) is 0.333. The van der Waals surface area contributed by atoms with E-state index in [-0.39, 0.29) is 12.3 Å². The molecule has 0 unspecified atom stereocenters. The molecule has 2 aromatic heterocycles. The molecule has 0 aromatic carbocycles. The van der Waals surface area contributed by atoms with Crippen LogP contribution < -0.4 is 0 Å². The van der Waals surface area contributed by atoms with Crippen LogP contribution in [0.5, 0.6) is 0 Å². The van der Waals surface area contributed by atoms with Crippen LogP contribution in [0.25, 0.3) is 5.65 Å². The third-order valence-electron chi connectivity index (χ3n) is 2.36. The summed E-state index contributed by atoms with van der Waals surface area (Å²) in [5.74, 6) is -1.06. The van der Waals surface area contributed by atoms with Gasteiger partial charge < -0.3 is 5.11 Å². The zero-order valence-electron chi connectivity index (χ0n) is 8.28. The molecule has 0 aliphatic heterocycles. The van der Waals surface area contributed by atoms with Gasteiger partial charge in [-0.2, -0.15) is 13.2 Å². The third kappa shape index (κ3) is 1.53. The van der Waals surface area contributed by atoms with Crippen molar-refractivity contribution < 1.29 is 18.3 Å². The smallest absolute Gasteiger partial charge is 0.392 e. The highest BCUT2D eigenvalue weighted by molar-refractivity contribution is 5.50. The number of halogens is 3. The lowest BCUT2D eigenvalue weighted by Crippen LogP contribution is -2.11. The Kier molecular flexibility index (Phi) is 2.34. The zero-order chi connectivity index (χ0) is 11.9. The van der Waals surface area contributed by atoms with Crippen molar-refractivity contribution in [2.24, 2.45) is 0 Å². The number of hydrogen-bond acceptors (Lipinski definition) is 3. The summed E-state index contributed by atoms with van der Waals surface area (Å²) in [6.07, 6.45) is -3.33. The molecule has 0 atom stereocenters. The molecule has 7 heteroatoms. The maximum atomic E-state index is 12.5. The van der Waals surface area contributed by atoms with Crippen molar-refractivity contribution in [2.75, 3.05) is 0 Å². The van der Waals surface area contributed by atoms with E-state index in [4.69, 9.17) is 5.11 Å². The SMILES string of the molecule is Cc1c(CO)ccn2c(C(F)(F)F)nnc12. The first kappa shape index (κ1) is 10.9. The van der Waals surface area contributed by atoms with Crippen LogP contribution in [0.4, 0.5) is 13.2 Å². The van der Waals surface area contributed by atoms with Crippen molar-refractivity contribution >= 4 is 5.65 Å². The number of fused-ring (bicyclic) bond motifs is 1. The molecule has 4 nitrogen and oxygen atoms in total. The van der Waals surface area contributed by atoms with E-state index in [1.807, 2.05) is 0 Å². The standard InChI is InChI=1S/C9H8F3N3O/c1-5-6(4-16)2-3-15-7(5)13-14-8(15)9(10,11)12/h2-3,16H,4H2,1H3. The van der Waals surface area contributed by atoms with Crippen LogP contribution in [0.2, 0.25) is 0 Å². The summed E-state index contributed by atoms with van der Waals surface area (Å²) in [5.41, 5.74) is 1.14. The van der Waals surface area contributed by atoms with E-state index < -0.39 is 12.0 Å². The molecular weight excluding hydrogens is 223 g/mol. The monoisotopic (exact) mass is 231 g/mol. The predicted octanol–water partition coefficient (Wildman–Crippen LogP) is 1.55. The van der Waals surface area contributed by atoms with Crippen molar-refractivity contribution in [2.45, 2.75) is 19.7 Å². The van der Waals surface area contributed by atoms with E-state index in [0.717, 1.165) is 4.40 Å². The molecule has 16 heavy (non-hydrogen) atoms. The number of alkyl halides is 3. The highest BCUT2D eigenvalue weighted by Gasteiger charge is 2.37. The molecule has 0 saturated carbocycles. The second kappa shape index (κ2) is 3.44. The molecule has 0 fully saturated rings. The molecule has 2 heterocycles. The maximum absolute atomic E-state index is 12.5. The first-order valence-corrected chi connectivity index (χ1v) is 4.46. The summed E-state index contributed by atoms with van der Waals surface area (Å²) in [6.45, 7) is 1.35. The fourth-order valence-corrected chi connectivity index (χ4v) is 1.49. The Balaban J connectivity index is 2.72. The Bertz CT molecular complexity index is 533. The molecule has 0 aliphatic rings. The lowest BCUT2D eigenvalue weighted by molar-refractivity contribution is -0.145. The number of pyridine rings is 1. The van der Waals surface area contributed by atoms with Gasteiger partial charge in [0.25, 0.3) is 0 Å². The first-order valence-electron chi connectivity index (χ1n) is 4.46. The summed E-state index contributed by atoms with van der Waals surface area (Å²) in [6, 6.07) is 1.42. The van der Waals surface area contributed by atoms with E-state index >= 15 is 0 Å². The van der Waals surface area contributed by atoms with Gasteiger partial charge in [-0.15, -0.1) is 10.2 Å². The Hall–Kier alpha value is -1.63. The van der Waals surface area contributed by atoms with Gasteiger partial charge in [0.1, 0.15) is 0 Å². The van der Waals surface area contributed by atoms with Gasteiger partial charge in [0.05, 0.1) is 6.61 Å². The number of rotatable bonds is 1. The van der Waals surface area contributed by atoms with Gasteiger partial charge in [0, 0.05) is 6.20 Å². The van der Waals surface area contributed by atoms with Crippen molar-refractivity contribution in [3.05, 3.63) is 29.2 Å². The number of aromatic nitrogens is 3. The third-order valence-corrected chi connectivity index (χ3v) is 2.36. The van der Waals surface area contributed by atoms with Crippen LogP contribution in [0, 0.1) is 6.92 Å². The van der Waals surface area contributed by atoms with Crippen molar-refractivity contribution in [1.82, 2.24) is 14.6 Å². The quantitative estimate of drug-likeness (QED) is 0.810. The van der Waals surface area contributed by atoms with E-state index in [0.29, 0.717) is 11.1 Å². The van der Waals surface area contributed by atoms with E-state index in [1.54, 1.807) is 6.92 Å². The van der Waals surface area contributed by atoms with Crippen molar-refractivity contribution in [1.29, 1.82) is 0 Å². The van der Waals surface area contributed by atoms with E-state index in [9.17, 15) is 13.2 Å². The molecule has 0 aliphatic carbocycles. The molecule has 2 rings (SSSR count). The van der Waals surface area contributed by atoms with Crippen molar-refractivity contribution in [3.63, 3.8) is 0 Å². The maximum Gasteiger partial charge on any atom is 0.452 e. The molecule has 0 bridgehead atoms. The zero-order valence-corrected chi connectivity index (χ0v) is 8.28. The van der Waals surface area contributed by atoms with Crippen LogP contribution in [0.3, 0.4) is 0 Å². The molecule has 1 N–H and O–H groups in total. The van der Waals surface area contributed by atoms with Crippen LogP contribution in [-0.4, -0.2) is 19.7 Å². The minimum atomic E-state index is -4.54. The van der Waals surface area contributed by atoms with Gasteiger partial charge in [0.2, 0.25) is 5.82 Å². The van der Waals surface area contributed by atoms with Gasteiger partial charge in [-0.3, -0.25) is 4.40 Å². The fourth-order valence-electron chi connectivity index (χ4n) is 1.49. The van der Waals surface area contributed by atoms with E-state index in [1.165, 1.54) is 12.3 Å². The van der Waals surface area contributed by atoms with E-state index in [2.05, 4.69) is 10.2 Å². The predicted molar refractivity (Wildman–Crippen MR) is 48.6 cm³/mol. The molecule has 86 valence electrons. The lowest BCUT2D eigenvalue weighted by Gasteiger charge is -2.06. The Morgan fingerprint density at radius 3 is 2.62 bits per heavy atom. The van der Waals surface area contributed by atoms with Crippen LogP contribution in [0.1, 0.15) is 17.0 Å².